The zero-order valence-electron chi connectivity index (χ0n) is 10.1. The molecular weight excluding hydrogens is 218 g/mol. The minimum Gasteiger partial charge on any atom is -0.454 e. The summed E-state index contributed by atoms with van der Waals surface area (Å²) in [6, 6.07) is 6.49. The van der Waals surface area contributed by atoms with E-state index in [0.717, 1.165) is 24.3 Å². The molecule has 0 spiro atoms. The molecule has 0 bridgehead atoms. The average molecular weight is 237 g/mol. The van der Waals surface area contributed by atoms with Crippen molar-refractivity contribution in [3.8, 4) is 11.5 Å². The summed E-state index contributed by atoms with van der Waals surface area (Å²) in [4.78, 5) is 0. The van der Waals surface area contributed by atoms with E-state index >= 15 is 0 Å². The van der Waals surface area contributed by atoms with Gasteiger partial charge in [-0.3, -0.25) is 0 Å². The molecular formula is C13H19NO3. The first-order valence-corrected chi connectivity index (χ1v) is 6.02. The monoisotopic (exact) mass is 237 g/mol. The number of hydrogen-bond acceptors (Lipinski definition) is 4. The second-order valence-electron chi connectivity index (χ2n) is 4.31. The molecule has 2 N–H and O–H groups in total. The molecule has 0 aliphatic carbocycles. The molecule has 1 aromatic carbocycles. The minimum absolute atomic E-state index is 0.189. The molecule has 1 atom stereocenters. The molecule has 0 saturated heterocycles. The maximum atomic E-state index is 8.71. The lowest BCUT2D eigenvalue weighted by Crippen LogP contribution is -2.29. The number of benzene rings is 1. The fourth-order valence-electron chi connectivity index (χ4n) is 1.89. The number of aryl methyl sites for hydroxylation is 1. The van der Waals surface area contributed by atoms with Crippen LogP contribution in [0.1, 0.15) is 18.9 Å². The van der Waals surface area contributed by atoms with Crippen LogP contribution in [0.15, 0.2) is 18.2 Å². The number of ether oxygens (including phenoxy) is 2. The van der Waals surface area contributed by atoms with E-state index in [4.69, 9.17) is 14.6 Å². The Balaban J connectivity index is 1.83. The summed E-state index contributed by atoms with van der Waals surface area (Å²) in [5.41, 5.74) is 1.26. The Morgan fingerprint density at radius 1 is 1.35 bits per heavy atom. The first kappa shape index (κ1) is 12.2. The van der Waals surface area contributed by atoms with E-state index in [-0.39, 0.29) is 6.61 Å². The van der Waals surface area contributed by atoms with Crippen LogP contribution in [0.5, 0.6) is 11.5 Å². The molecule has 1 aromatic rings. The Hall–Kier alpha value is -1.26. The van der Waals surface area contributed by atoms with Crippen molar-refractivity contribution in [1.82, 2.24) is 5.32 Å². The maximum Gasteiger partial charge on any atom is 0.231 e. The molecule has 4 nitrogen and oxygen atoms in total. The third kappa shape index (κ3) is 3.35. The Labute approximate surface area is 102 Å². The van der Waals surface area contributed by atoms with E-state index in [1.807, 2.05) is 12.1 Å². The fourth-order valence-corrected chi connectivity index (χ4v) is 1.89. The van der Waals surface area contributed by atoms with Gasteiger partial charge in [-0.1, -0.05) is 6.07 Å². The van der Waals surface area contributed by atoms with Gasteiger partial charge >= 0.3 is 0 Å². The predicted octanol–water partition coefficient (Wildman–Crippen LogP) is 1.32. The smallest absolute Gasteiger partial charge is 0.231 e. The topological polar surface area (TPSA) is 50.7 Å². The molecule has 94 valence electrons. The highest BCUT2D eigenvalue weighted by Crippen LogP contribution is 2.32. The van der Waals surface area contributed by atoms with Crippen LogP contribution in [0.4, 0.5) is 0 Å². The largest absolute Gasteiger partial charge is 0.454 e. The number of hydrogen-bond donors (Lipinski definition) is 2. The van der Waals surface area contributed by atoms with Gasteiger partial charge in [-0.15, -0.1) is 0 Å². The van der Waals surface area contributed by atoms with Crippen LogP contribution in [0.3, 0.4) is 0 Å². The second kappa shape index (κ2) is 5.89. The van der Waals surface area contributed by atoms with Crippen molar-refractivity contribution in [2.45, 2.75) is 25.8 Å². The molecule has 0 aromatic heterocycles. The molecule has 4 heteroatoms. The van der Waals surface area contributed by atoms with Crippen LogP contribution in [0.25, 0.3) is 0 Å². The number of nitrogens with one attached hydrogen (secondary N) is 1. The van der Waals surface area contributed by atoms with Crippen molar-refractivity contribution in [3.63, 3.8) is 0 Å². The van der Waals surface area contributed by atoms with Gasteiger partial charge in [-0.2, -0.15) is 0 Å². The molecule has 1 unspecified atom stereocenters. The second-order valence-corrected chi connectivity index (χ2v) is 4.31. The molecule has 1 heterocycles. The van der Waals surface area contributed by atoms with Crippen molar-refractivity contribution in [2.75, 3.05) is 19.9 Å². The van der Waals surface area contributed by atoms with Gasteiger partial charge in [0.1, 0.15) is 0 Å². The summed E-state index contributed by atoms with van der Waals surface area (Å²) in [7, 11) is 0. The van der Waals surface area contributed by atoms with Crippen LogP contribution in [-0.2, 0) is 6.42 Å². The predicted molar refractivity (Wildman–Crippen MR) is 65.4 cm³/mol. The highest BCUT2D eigenvalue weighted by Gasteiger charge is 2.13. The van der Waals surface area contributed by atoms with Gasteiger partial charge in [-0.25, -0.2) is 0 Å². The van der Waals surface area contributed by atoms with E-state index in [1.165, 1.54) is 5.56 Å². The number of aliphatic hydroxyl groups is 1. The third-order valence-electron chi connectivity index (χ3n) is 2.91. The molecule has 17 heavy (non-hydrogen) atoms. The van der Waals surface area contributed by atoms with Gasteiger partial charge in [0.15, 0.2) is 11.5 Å². The van der Waals surface area contributed by atoms with Gasteiger partial charge in [0.25, 0.3) is 0 Å². The van der Waals surface area contributed by atoms with Crippen molar-refractivity contribution >= 4 is 0 Å². The Kier molecular flexibility index (Phi) is 4.23. The molecule has 0 radical (unpaired) electrons. The van der Waals surface area contributed by atoms with Crippen LogP contribution in [-0.4, -0.2) is 31.1 Å². The third-order valence-corrected chi connectivity index (χ3v) is 2.91. The SMILES string of the molecule is CC(CCc1ccc2c(c1)OCO2)NCCO. The number of aliphatic hydroxyl groups excluding tert-OH is 1. The van der Waals surface area contributed by atoms with Crippen molar-refractivity contribution < 1.29 is 14.6 Å². The van der Waals surface area contributed by atoms with Gasteiger partial charge < -0.3 is 19.9 Å². The van der Waals surface area contributed by atoms with Crippen LogP contribution >= 0.6 is 0 Å². The zero-order valence-corrected chi connectivity index (χ0v) is 10.1. The number of rotatable bonds is 6. The van der Waals surface area contributed by atoms with Crippen LogP contribution < -0.4 is 14.8 Å². The summed E-state index contributed by atoms with van der Waals surface area (Å²) in [6.45, 7) is 3.30. The van der Waals surface area contributed by atoms with Crippen molar-refractivity contribution in [2.24, 2.45) is 0 Å². The summed E-state index contributed by atoms with van der Waals surface area (Å²) in [5, 5.41) is 12.0. The lowest BCUT2D eigenvalue weighted by molar-refractivity contribution is 0.174. The maximum absolute atomic E-state index is 8.71. The highest BCUT2D eigenvalue weighted by atomic mass is 16.7. The Bertz CT molecular complexity index is 368. The van der Waals surface area contributed by atoms with E-state index in [1.54, 1.807) is 0 Å². The average Bonchev–Trinajstić information content (AvgIpc) is 2.81. The van der Waals surface area contributed by atoms with E-state index < -0.39 is 0 Å². The summed E-state index contributed by atoms with van der Waals surface area (Å²) in [5.74, 6) is 1.68. The molecule has 0 amide bonds. The van der Waals surface area contributed by atoms with E-state index in [2.05, 4.69) is 18.3 Å². The summed E-state index contributed by atoms with van der Waals surface area (Å²) in [6.07, 6.45) is 2.04. The number of fused-ring (bicyclic) bond motifs is 1. The van der Waals surface area contributed by atoms with E-state index in [0.29, 0.717) is 19.4 Å². The molecule has 0 saturated carbocycles. The molecule has 1 aliphatic heterocycles. The first-order chi connectivity index (χ1) is 8.29. The summed E-state index contributed by atoms with van der Waals surface area (Å²) < 4.78 is 10.6. The van der Waals surface area contributed by atoms with Crippen molar-refractivity contribution in [3.05, 3.63) is 23.8 Å². The first-order valence-electron chi connectivity index (χ1n) is 6.02. The van der Waals surface area contributed by atoms with Gasteiger partial charge in [0.05, 0.1) is 6.61 Å². The quantitative estimate of drug-likeness (QED) is 0.783. The standard InChI is InChI=1S/C13H19NO3/c1-10(14-6-7-15)2-3-11-4-5-12-13(8-11)17-9-16-12/h4-5,8,10,14-15H,2-3,6-7,9H2,1H3. The minimum atomic E-state index is 0.189. The molecule has 2 rings (SSSR count). The van der Waals surface area contributed by atoms with E-state index in [9.17, 15) is 0 Å². The lowest BCUT2D eigenvalue weighted by Gasteiger charge is -2.12. The highest BCUT2D eigenvalue weighted by molar-refractivity contribution is 5.44. The van der Waals surface area contributed by atoms with Gasteiger partial charge in [0, 0.05) is 12.6 Å². The molecule has 1 aliphatic rings. The van der Waals surface area contributed by atoms with Gasteiger partial charge in [0.2, 0.25) is 6.79 Å². The Morgan fingerprint density at radius 3 is 3.00 bits per heavy atom. The fraction of sp³-hybridized carbons (Fsp3) is 0.538. The molecule has 0 fully saturated rings. The summed E-state index contributed by atoms with van der Waals surface area (Å²) >= 11 is 0. The normalized spacial score (nSPS) is 14.9. The lowest BCUT2D eigenvalue weighted by atomic mass is 10.1. The zero-order chi connectivity index (χ0) is 12.1. The Morgan fingerprint density at radius 2 is 2.18 bits per heavy atom. The van der Waals surface area contributed by atoms with Crippen molar-refractivity contribution in [1.29, 1.82) is 0 Å². The van der Waals surface area contributed by atoms with Gasteiger partial charge in [-0.05, 0) is 37.5 Å². The van der Waals surface area contributed by atoms with Crippen LogP contribution in [0, 0.1) is 0 Å². The van der Waals surface area contributed by atoms with Crippen LogP contribution in [0.2, 0.25) is 0 Å².